The molecule has 1 saturated carbocycles. The normalized spacial score (nSPS) is 28.1. The predicted octanol–water partition coefficient (Wildman–Crippen LogP) is 1.79. The fraction of sp³-hybridized carbons (Fsp3) is 0.391. The number of carbonyl (C=O) groups is 1. The summed E-state index contributed by atoms with van der Waals surface area (Å²) in [4.78, 5) is 15.1. The van der Waals surface area contributed by atoms with Crippen LogP contribution in [0.4, 0.5) is 5.69 Å². The monoisotopic (exact) mass is 425 g/mol. The molecule has 4 rings (SSSR count). The summed E-state index contributed by atoms with van der Waals surface area (Å²) in [6, 6.07) is 14.9. The summed E-state index contributed by atoms with van der Waals surface area (Å²) in [6.45, 7) is 4.45. The lowest BCUT2D eigenvalue weighted by Gasteiger charge is -2.41. The highest BCUT2D eigenvalue weighted by atomic mass is 32.1. The van der Waals surface area contributed by atoms with Crippen LogP contribution in [-0.4, -0.2) is 45.5 Å². The molecule has 0 aromatic heterocycles. The lowest BCUT2D eigenvalue weighted by atomic mass is 9.77. The summed E-state index contributed by atoms with van der Waals surface area (Å²) < 4.78 is 0. The van der Waals surface area contributed by atoms with Gasteiger partial charge in [-0.25, -0.2) is 0 Å². The molecule has 1 saturated heterocycles. The predicted molar refractivity (Wildman–Crippen MR) is 120 cm³/mol. The van der Waals surface area contributed by atoms with Gasteiger partial charge in [0.05, 0.1) is 24.1 Å². The van der Waals surface area contributed by atoms with E-state index < -0.39 is 24.2 Å². The molecule has 2 fully saturated rings. The van der Waals surface area contributed by atoms with E-state index in [1.165, 1.54) is 0 Å². The van der Waals surface area contributed by atoms with Crippen LogP contribution in [0.15, 0.2) is 48.5 Å². The Morgan fingerprint density at radius 2 is 1.83 bits per heavy atom. The molecule has 2 aromatic rings. The Morgan fingerprint density at radius 1 is 1.17 bits per heavy atom. The first kappa shape index (κ1) is 20.8. The van der Waals surface area contributed by atoms with Crippen molar-refractivity contribution < 1.29 is 15.0 Å². The van der Waals surface area contributed by atoms with Crippen LogP contribution in [-0.2, 0) is 11.3 Å². The van der Waals surface area contributed by atoms with E-state index in [9.17, 15) is 15.0 Å². The second-order valence-electron chi connectivity index (χ2n) is 8.29. The third kappa shape index (κ3) is 3.93. The van der Waals surface area contributed by atoms with Gasteiger partial charge in [0.1, 0.15) is 6.10 Å². The lowest BCUT2D eigenvalue weighted by Crippen LogP contribution is -2.60. The molecule has 6 nitrogen and oxygen atoms in total. The molecular weight excluding hydrogens is 398 g/mol. The Morgan fingerprint density at radius 3 is 2.50 bits per heavy atom. The molecule has 0 unspecified atom stereocenters. The summed E-state index contributed by atoms with van der Waals surface area (Å²) in [6.07, 6.45) is -1.82. The number of rotatable bonds is 4. The number of amides is 1. The first-order valence-electron chi connectivity index (χ1n) is 10.2. The average molecular weight is 426 g/mol. The summed E-state index contributed by atoms with van der Waals surface area (Å²) in [5.74, 6) is -0.674. The van der Waals surface area contributed by atoms with E-state index in [1.54, 1.807) is 0 Å². The van der Waals surface area contributed by atoms with Crippen LogP contribution in [0.2, 0.25) is 0 Å². The Bertz CT molecular complexity index is 932. The van der Waals surface area contributed by atoms with Crippen molar-refractivity contribution in [3.63, 3.8) is 0 Å². The van der Waals surface area contributed by atoms with E-state index in [0.717, 1.165) is 22.4 Å². The Labute approximate surface area is 181 Å². The molecule has 5 atom stereocenters. The van der Waals surface area contributed by atoms with E-state index in [0.29, 0.717) is 11.7 Å². The molecule has 1 amide bonds. The second kappa shape index (κ2) is 8.34. The maximum absolute atomic E-state index is 13.2. The Hall–Kier alpha value is -2.48. The lowest BCUT2D eigenvalue weighted by molar-refractivity contribution is -0.131. The van der Waals surface area contributed by atoms with Gasteiger partial charge in [0.2, 0.25) is 5.91 Å². The van der Waals surface area contributed by atoms with Gasteiger partial charge in [-0.05, 0) is 61.3 Å². The zero-order chi connectivity index (χ0) is 21.4. The largest absolute Gasteiger partial charge is 0.390 e. The minimum atomic E-state index is -0.998. The van der Waals surface area contributed by atoms with Gasteiger partial charge in [-0.2, -0.15) is 0 Å². The fourth-order valence-electron chi connectivity index (χ4n) is 4.65. The van der Waals surface area contributed by atoms with Crippen LogP contribution in [0.25, 0.3) is 0 Å². The second-order valence-corrected chi connectivity index (χ2v) is 8.67. The molecule has 4 N–H and O–H groups in total. The van der Waals surface area contributed by atoms with Crippen LogP contribution in [0.1, 0.15) is 23.1 Å². The van der Waals surface area contributed by atoms with Crippen molar-refractivity contribution >= 4 is 28.9 Å². The topological polar surface area (TPSA) is 84.8 Å². The first-order chi connectivity index (χ1) is 14.3. The summed E-state index contributed by atoms with van der Waals surface area (Å²) in [5, 5.41) is 27.7. The van der Waals surface area contributed by atoms with Crippen LogP contribution in [0.3, 0.4) is 0 Å². The van der Waals surface area contributed by atoms with Crippen LogP contribution in [0, 0.1) is 19.8 Å². The van der Waals surface area contributed by atoms with Gasteiger partial charge in [-0.1, -0.05) is 36.4 Å². The average Bonchev–Trinajstić information content (AvgIpc) is 3.06. The molecule has 7 heteroatoms. The molecule has 30 heavy (non-hydrogen) atoms. The van der Waals surface area contributed by atoms with Crippen molar-refractivity contribution in [2.75, 3.05) is 4.90 Å². The number of hydrogen-bond acceptors (Lipinski definition) is 4. The highest BCUT2D eigenvalue weighted by molar-refractivity contribution is 7.80. The first-order valence-corrected chi connectivity index (χ1v) is 10.6. The van der Waals surface area contributed by atoms with Gasteiger partial charge in [0, 0.05) is 12.2 Å². The smallest absolute Gasteiger partial charge is 0.225 e. The Balaban J connectivity index is 1.63. The SMILES string of the molecule is Cc1cc(C)cc(N2C(=S)N[C@H]3[C@@H](O)[C@H](O)C[C@@H](C(=O)NCc4ccccc4)[C@H]32)c1. The van der Waals surface area contributed by atoms with Crippen molar-refractivity contribution in [2.45, 2.75) is 51.1 Å². The van der Waals surface area contributed by atoms with E-state index in [1.807, 2.05) is 61.2 Å². The van der Waals surface area contributed by atoms with E-state index in [2.05, 4.69) is 16.7 Å². The van der Waals surface area contributed by atoms with Crippen molar-refractivity contribution in [2.24, 2.45) is 5.92 Å². The van der Waals surface area contributed by atoms with Crippen molar-refractivity contribution in [3.8, 4) is 0 Å². The molecular formula is C23H27N3O3S. The van der Waals surface area contributed by atoms with Crippen molar-refractivity contribution in [3.05, 3.63) is 65.2 Å². The number of hydrogen-bond donors (Lipinski definition) is 4. The van der Waals surface area contributed by atoms with Crippen LogP contribution in [0.5, 0.6) is 0 Å². The molecule has 1 heterocycles. The molecule has 158 valence electrons. The van der Waals surface area contributed by atoms with E-state index >= 15 is 0 Å². The quantitative estimate of drug-likeness (QED) is 0.559. The highest BCUT2D eigenvalue weighted by Gasteiger charge is 2.53. The number of anilines is 1. The minimum absolute atomic E-state index is 0.152. The number of aliphatic hydroxyl groups excluding tert-OH is 2. The van der Waals surface area contributed by atoms with Gasteiger partial charge in [-0.15, -0.1) is 0 Å². The third-order valence-electron chi connectivity index (χ3n) is 5.98. The Kier molecular flexibility index (Phi) is 5.77. The standard InChI is InChI=1S/C23H27N3O3S/c1-13-8-14(2)10-16(9-13)26-20-17(11-18(27)21(28)19(20)25-23(26)30)22(29)24-12-15-6-4-3-5-7-15/h3-10,17-21,27-28H,11-12H2,1-2H3,(H,24,29)(H,25,30)/t17-,18-,19-,20-,21+/m1/s1. The van der Waals surface area contributed by atoms with Crippen molar-refractivity contribution in [1.29, 1.82) is 0 Å². The summed E-state index contributed by atoms with van der Waals surface area (Å²) >= 11 is 5.59. The van der Waals surface area contributed by atoms with Crippen LogP contribution < -0.4 is 15.5 Å². The van der Waals surface area contributed by atoms with Crippen molar-refractivity contribution in [1.82, 2.24) is 10.6 Å². The van der Waals surface area contributed by atoms with Gasteiger partial charge in [-0.3, -0.25) is 4.79 Å². The minimum Gasteiger partial charge on any atom is -0.390 e. The number of nitrogens with one attached hydrogen (secondary N) is 2. The van der Waals surface area contributed by atoms with Crippen LogP contribution >= 0.6 is 12.2 Å². The summed E-state index contributed by atoms with van der Waals surface area (Å²) in [5.41, 5.74) is 4.09. The fourth-order valence-corrected chi connectivity index (χ4v) is 5.01. The molecule has 0 spiro atoms. The number of fused-ring (bicyclic) bond motifs is 1. The number of carbonyl (C=O) groups excluding carboxylic acids is 1. The molecule has 2 aliphatic rings. The number of benzene rings is 2. The molecule has 0 radical (unpaired) electrons. The summed E-state index contributed by atoms with van der Waals surface area (Å²) in [7, 11) is 0. The van der Waals surface area contributed by atoms with E-state index in [-0.39, 0.29) is 18.4 Å². The zero-order valence-corrected chi connectivity index (χ0v) is 17.9. The zero-order valence-electron chi connectivity index (χ0n) is 17.1. The van der Waals surface area contributed by atoms with Gasteiger partial charge >= 0.3 is 0 Å². The number of aryl methyl sites for hydroxylation is 2. The van der Waals surface area contributed by atoms with E-state index in [4.69, 9.17) is 12.2 Å². The number of aliphatic hydroxyl groups is 2. The molecule has 0 bridgehead atoms. The maximum Gasteiger partial charge on any atom is 0.225 e. The maximum atomic E-state index is 13.2. The number of nitrogens with zero attached hydrogens (tertiary/aromatic N) is 1. The molecule has 2 aromatic carbocycles. The molecule has 1 aliphatic carbocycles. The van der Waals surface area contributed by atoms with Gasteiger partial charge < -0.3 is 25.7 Å². The molecule has 1 aliphatic heterocycles. The highest BCUT2D eigenvalue weighted by Crippen LogP contribution is 2.37. The van der Waals surface area contributed by atoms with Gasteiger partial charge in [0.15, 0.2) is 5.11 Å². The number of thiocarbonyl (C=S) groups is 1. The third-order valence-corrected chi connectivity index (χ3v) is 6.29. The van der Waals surface area contributed by atoms with Gasteiger partial charge in [0.25, 0.3) is 0 Å².